The normalized spacial score (nSPS) is 11.2. The van der Waals surface area contributed by atoms with Gasteiger partial charge < -0.3 is 30.1 Å². The zero-order valence-electron chi connectivity index (χ0n) is 13.4. The van der Waals surface area contributed by atoms with Gasteiger partial charge in [0.05, 0.1) is 20.2 Å². The lowest BCUT2D eigenvalue weighted by atomic mass is 9.93. The summed E-state index contributed by atoms with van der Waals surface area (Å²) in [5.41, 5.74) is 12.2. The van der Waals surface area contributed by atoms with Crippen molar-refractivity contribution in [1.29, 1.82) is 0 Å². The minimum Gasteiger partial charge on any atom is -0.504 e. The highest BCUT2D eigenvalue weighted by Crippen LogP contribution is 2.37. The summed E-state index contributed by atoms with van der Waals surface area (Å²) in [4.78, 5) is 0. The molecule has 126 valence electrons. The Balaban J connectivity index is 2.10. The largest absolute Gasteiger partial charge is 0.504 e. The third-order valence-electron chi connectivity index (χ3n) is 3.87. The van der Waals surface area contributed by atoms with E-state index >= 15 is 0 Å². The molecule has 0 amide bonds. The number of phenols is 1. The summed E-state index contributed by atoms with van der Waals surface area (Å²) in [6.07, 6.45) is 0. The molecule has 0 unspecified atom stereocenters. The Morgan fingerprint density at radius 1 is 0.958 bits per heavy atom. The third-order valence-corrected chi connectivity index (χ3v) is 3.87. The van der Waals surface area contributed by atoms with E-state index in [-0.39, 0.29) is 11.7 Å². The van der Waals surface area contributed by atoms with Crippen LogP contribution in [0.15, 0.2) is 51.3 Å². The fraction of sp³-hybridized carbons (Fsp3) is 0.222. The Morgan fingerprint density at radius 3 is 2.00 bits per heavy atom. The van der Waals surface area contributed by atoms with Crippen molar-refractivity contribution in [2.75, 3.05) is 7.11 Å². The molecule has 0 atom stereocenters. The first-order valence-corrected chi connectivity index (χ1v) is 7.60. The second kappa shape index (κ2) is 6.82. The molecule has 3 rings (SSSR count). The highest BCUT2D eigenvalue weighted by atomic mass is 16.5. The first kappa shape index (κ1) is 16.2. The van der Waals surface area contributed by atoms with Crippen LogP contribution < -0.4 is 16.2 Å². The van der Waals surface area contributed by atoms with Gasteiger partial charge in [-0.05, 0) is 42.0 Å². The van der Waals surface area contributed by atoms with E-state index in [9.17, 15) is 5.11 Å². The van der Waals surface area contributed by atoms with E-state index in [4.69, 9.17) is 25.0 Å². The zero-order valence-corrected chi connectivity index (χ0v) is 13.4. The number of hydrogen-bond acceptors (Lipinski definition) is 6. The van der Waals surface area contributed by atoms with Gasteiger partial charge in [0, 0.05) is 0 Å². The Bertz CT molecular complexity index is 780. The van der Waals surface area contributed by atoms with Crippen LogP contribution in [0.3, 0.4) is 0 Å². The van der Waals surface area contributed by atoms with Crippen molar-refractivity contribution >= 4 is 0 Å². The number of benzene rings is 1. The summed E-state index contributed by atoms with van der Waals surface area (Å²) in [6, 6.07) is 12.6. The van der Waals surface area contributed by atoms with Crippen LogP contribution in [0.5, 0.6) is 11.5 Å². The standard InChI is InChI=1S/C18H20N2O4/c1-22-17-8-11(2-5-14(17)21)18(15-6-3-12(9-19)23-15)16-7-4-13(10-20)24-16/h2-8,18,21H,9-10,19-20H2,1H3. The van der Waals surface area contributed by atoms with E-state index in [2.05, 4.69) is 0 Å². The molecule has 0 radical (unpaired) electrons. The second-order valence-corrected chi connectivity index (χ2v) is 5.38. The summed E-state index contributed by atoms with van der Waals surface area (Å²) in [5.74, 6) is 2.93. The van der Waals surface area contributed by atoms with Gasteiger partial charge in [-0.2, -0.15) is 0 Å². The monoisotopic (exact) mass is 328 g/mol. The predicted octanol–water partition coefficient (Wildman–Crippen LogP) is 2.68. The first-order valence-electron chi connectivity index (χ1n) is 7.60. The molecule has 0 saturated carbocycles. The molecule has 0 aliphatic rings. The molecular weight excluding hydrogens is 308 g/mol. The van der Waals surface area contributed by atoms with Crippen LogP contribution in [0.2, 0.25) is 0 Å². The Hall–Kier alpha value is -2.70. The molecule has 2 heterocycles. The lowest BCUT2D eigenvalue weighted by Gasteiger charge is -2.15. The fourth-order valence-electron chi connectivity index (χ4n) is 2.66. The number of methoxy groups -OCH3 is 1. The van der Waals surface area contributed by atoms with E-state index in [1.54, 1.807) is 18.2 Å². The van der Waals surface area contributed by atoms with Gasteiger partial charge in [-0.1, -0.05) is 6.07 Å². The number of nitrogens with two attached hydrogens (primary N) is 2. The van der Waals surface area contributed by atoms with Gasteiger partial charge in [0.25, 0.3) is 0 Å². The SMILES string of the molecule is COc1cc(C(c2ccc(CN)o2)c2ccc(CN)o2)ccc1O. The number of furan rings is 2. The fourth-order valence-corrected chi connectivity index (χ4v) is 2.66. The average molecular weight is 328 g/mol. The number of rotatable bonds is 6. The second-order valence-electron chi connectivity index (χ2n) is 5.38. The van der Waals surface area contributed by atoms with Gasteiger partial charge in [-0.3, -0.25) is 0 Å². The van der Waals surface area contributed by atoms with Gasteiger partial charge in [-0.25, -0.2) is 0 Å². The van der Waals surface area contributed by atoms with E-state index in [0.717, 1.165) is 5.56 Å². The molecule has 0 spiro atoms. The maximum atomic E-state index is 9.84. The molecule has 1 aromatic carbocycles. The van der Waals surface area contributed by atoms with Crippen LogP contribution in [0.4, 0.5) is 0 Å². The van der Waals surface area contributed by atoms with Crippen LogP contribution in [-0.2, 0) is 13.1 Å². The quantitative estimate of drug-likeness (QED) is 0.642. The molecule has 0 fully saturated rings. The van der Waals surface area contributed by atoms with E-state index in [1.165, 1.54) is 7.11 Å². The van der Waals surface area contributed by atoms with Crippen molar-refractivity contribution < 1.29 is 18.7 Å². The predicted molar refractivity (Wildman–Crippen MR) is 88.8 cm³/mol. The van der Waals surface area contributed by atoms with Gasteiger partial charge in [0.1, 0.15) is 29.0 Å². The minimum absolute atomic E-state index is 0.0733. The molecule has 0 aliphatic heterocycles. The summed E-state index contributed by atoms with van der Waals surface area (Å²) in [7, 11) is 1.51. The lowest BCUT2D eigenvalue weighted by Crippen LogP contribution is -2.02. The van der Waals surface area contributed by atoms with Crippen molar-refractivity contribution in [3.8, 4) is 11.5 Å². The van der Waals surface area contributed by atoms with Crippen molar-refractivity contribution in [3.63, 3.8) is 0 Å². The summed E-state index contributed by atoms with van der Waals surface area (Å²) >= 11 is 0. The van der Waals surface area contributed by atoms with E-state index in [1.807, 2.05) is 24.3 Å². The van der Waals surface area contributed by atoms with Gasteiger partial charge in [0.15, 0.2) is 11.5 Å². The first-order chi connectivity index (χ1) is 11.7. The molecular formula is C18H20N2O4. The van der Waals surface area contributed by atoms with E-state index < -0.39 is 0 Å². The van der Waals surface area contributed by atoms with Crippen LogP contribution in [0.25, 0.3) is 0 Å². The maximum absolute atomic E-state index is 9.84. The van der Waals surface area contributed by atoms with Crippen LogP contribution >= 0.6 is 0 Å². The molecule has 0 bridgehead atoms. The van der Waals surface area contributed by atoms with Gasteiger partial charge >= 0.3 is 0 Å². The Labute approximate surface area is 139 Å². The molecule has 3 aromatic rings. The van der Waals surface area contributed by atoms with Crippen molar-refractivity contribution in [2.24, 2.45) is 11.5 Å². The van der Waals surface area contributed by atoms with Crippen LogP contribution in [0, 0.1) is 0 Å². The smallest absolute Gasteiger partial charge is 0.160 e. The minimum atomic E-state index is -0.292. The average Bonchev–Trinajstić information content (AvgIpc) is 3.26. The van der Waals surface area contributed by atoms with Crippen molar-refractivity contribution in [1.82, 2.24) is 0 Å². The molecule has 6 nitrogen and oxygen atoms in total. The molecule has 0 aliphatic carbocycles. The molecule has 0 saturated heterocycles. The Morgan fingerprint density at radius 2 is 1.54 bits per heavy atom. The molecule has 6 heteroatoms. The number of aromatic hydroxyl groups is 1. The molecule has 2 aromatic heterocycles. The van der Waals surface area contributed by atoms with Crippen LogP contribution in [-0.4, -0.2) is 12.2 Å². The van der Waals surface area contributed by atoms with Gasteiger partial charge in [0.2, 0.25) is 0 Å². The molecule has 24 heavy (non-hydrogen) atoms. The highest BCUT2D eigenvalue weighted by Gasteiger charge is 2.25. The molecule has 5 N–H and O–H groups in total. The van der Waals surface area contributed by atoms with Gasteiger partial charge in [-0.15, -0.1) is 0 Å². The summed E-state index contributed by atoms with van der Waals surface area (Å²) in [6.45, 7) is 0.635. The van der Waals surface area contributed by atoms with Crippen LogP contribution in [0.1, 0.15) is 34.5 Å². The Kier molecular flexibility index (Phi) is 4.59. The number of hydrogen-bond donors (Lipinski definition) is 3. The topological polar surface area (TPSA) is 108 Å². The maximum Gasteiger partial charge on any atom is 0.160 e. The third kappa shape index (κ3) is 3.02. The van der Waals surface area contributed by atoms with Crippen molar-refractivity contribution in [3.05, 3.63) is 71.1 Å². The van der Waals surface area contributed by atoms with E-state index in [0.29, 0.717) is 41.9 Å². The summed E-state index contributed by atoms with van der Waals surface area (Å²) < 4.78 is 16.9. The number of ether oxygens (including phenoxy) is 1. The number of phenolic OH excluding ortho intramolecular Hbond substituents is 1. The van der Waals surface area contributed by atoms with Crippen molar-refractivity contribution in [2.45, 2.75) is 19.0 Å². The highest BCUT2D eigenvalue weighted by molar-refractivity contribution is 5.46. The lowest BCUT2D eigenvalue weighted by molar-refractivity contribution is 0.371. The summed E-state index contributed by atoms with van der Waals surface area (Å²) in [5, 5.41) is 9.84. The zero-order chi connectivity index (χ0) is 17.1.